The molecule has 6 aromatic rings. The van der Waals surface area contributed by atoms with Crippen molar-refractivity contribution in [3.63, 3.8) is 0 Å². The van der Waals surface area contributed by atoms with Crippen LogP contribution < -0.4 is 34.2 Å². The number of nitrogens with two attached hydrogens (primary N) is 1. The first-order valence-corrected chi connectivity index (χ1v) is 48.8. The quantitative estimate of drug-likeness (QED) is 0.0211. The Balaban J connectivity index is 0.000000232. The number of unbranched alkanes of at least 4 members (excludes halogenated alkanes) is 2. The van der Waals surface area contributed by atoms with Crippen LogP contribution in [0.3, 0.4) is 0 Å². The number of ketones is 2. The van der Waals surface area contributed by atoms with Crippen LogP contribution in [0.15, 0.2) is 181 Å². The maximum Gasteiger partial charge on any atom is 0.325 e. The first kappa shape index (κ1) is 116. The number of amides is 6. The molecule has 0 aliphatic carbocycles. The van der Waals surface area contributed by atoms with E-state index in [-0.39, 0.29) is 131 Å². The van der Waals surface area contributed by atoms with Gasteiger partial charge in [-0.15, -0.1) is 0 Å². The van der Waals surface area contributed by atoms with Gasteiger partial charge in [0.15, 0.2) is 0 Å². The summed E-state index contributed by atoms with van der Waals surface area (Å²) < 4.78 is 130. The number of ether oxygens (including phenoxy) is 10. The Morgan fingerprint density at radius 3 is 0.711 bits per heavy atom. The van der Waals surface area contributed by atoms with E-state index in [1.807, 2.05) is 102 Å². The number of Topliss-reactive ketones (excluding diaryl/α,β-unsaturated/α-hetero) is 2. The number of hydrogen-bond acceptors (Lipinski definition) is 21. The first-order valence-electron chi connectivity index (χ1n) is 48.8. The number of carbonyl (C=O) groups is 10. The van der Waals surface area contributed by atoms with E-state index in [0.717, 1.165) is 83.0 Å². The number of halogens is 6. The van der Waals surface area contributed by atoms with Gasteiger partial charge in [-0.3, -0.25) is 47.9 Å². The smallest absolute Gasteiger partial charge is 0.325 e. The molecule has 0 atom stereocenters. The van der Waals surface area contributed by atoms with Gasteiger partial charge in [-0.25, -0.2) is 26.3 Å². The fourth-order valence-electron chi connectivity index (χ4n) is 15.1. The third-order valence-electron chi connectivity index (χ3n) is 23.9. The van der Waals surface area contributed by atoms with Crippen molar-refractivity contribution in [2.24, 2.45) is 5.73 Å². The molecule has 12 rings (SSSR count). The molecule has 6 amide bonds. The Morgan fingerprint density at radius 2 is 0.514 bits per heavy atom. The zero-order valence-electron chi connectivity index (χ0n) is 83.8. The van der Waals surface area contributed by atoms with Crippen LogP contribution in [-0.4, -0.2) is 253 Å². The minimum Gasteiger partial charge on any atom is -0.489 e. The van der Waals surface area contributed by atoms with Crippen molar-refractivity contribution < 1.29 is 122 Å². The zero-order valence-corrected chi connectivity index (χ0v) is 83.8. The van der Waals surface area contributed by atoms with Crippen LogP contribution in [0.2, 0.25) is 0 Å². The lowest BCUT2D eigenvalue weighted by Gasteiger charge is -2.28. The van der Waals surface area contributed by atoms with E-state index in [4.69, 9.17) is 53.1 Å². The summed E-state index contributed by atoms with van der Waals surface area (Å²) in [6, 6.07) is 31.7. The van der Waals surface area contributed by atoms with E-state index >= 15 is 0 Å². The van der Waals surface area contributed by atoms with Crippen LogP contribution in [0.4, 0.5) is 26.3 Å². The van der Waals surface area contributed by atoms with Gasteiger partial charge >= 0.3 is 11.9 Å². The number of esters is 2. The Kier molecular flexibility index (Phi) is 51.6. The standard InChI is InChI=1S/2C20H26FNO4.2C18H24FNO3.C17H20FNO3.C16H19FN2O3/c2*1-3-5-10-25-19(23)13-22-9-8-16-11-17(6-7-18(16)20(22)24)26-14-15(4-2)12-21;2*1-3-14(12-19)13-23-16-5-6-17-15(11-16)7-8-20(18(17)21)9-10-22-4-2;1-3-13(9-18)11-22-15-4-5-16-14(8-15)6-7-19(17(16)21)10-12(2)20;1-11(20)9-19-5-4-13-6-14(2-3-15(13)16(19)21)22-10-12(7-17)8-18/h2*6-7,11-12H,3-5,8-10,13-14H2,1-2H3;2*5-6,11-12H,3-4,7-10,13H2,1-2H3;4-5,8-9H,3,6-7,10-11H2,1-2H3;2-3,6-7H,4-5,8-10,18H2,1H3/b15-12+;15-12-;14-12+;14-12-;13-9-;12-7+. The molecule has 6 aliphatic heterocycles. The lowest BCUT2D eigenvalue weighted by molar-refractivity contribution is -0.145. The van der Waals surface area contributed by atoms with E-state index in [9.17, 15) is 74.3 Å². The molecule has 0 saturated heterocycles. The van der Waals surface area contributed by atoms with E-state index in [1.165, 1.54) is 23.6 Å². The molecule has 0 fully saturated rings. The summed E-state index contributed by atoms with van der Waals surface area (Å²) in [5, 5.41) is 0. The van der Waals surface area contributed by atoms with Crippen molar-refractivity contribution in [2.75, 3.05) is 164 Å². The molecule has 33 heteroatoms. The van der Waals surface area contributed by atoms with Crippen LogP contribution in [0.5, 0.6) is 34.5 Å². The number of hydrogen-bond donors (Lipinski definition) is 1. The molecule has 0 unspecified atom stereocenters. The predicted octanol–water partition coefficient (Wildman–Crippen LogP) is 18.4. The summed E-state index contributed by atoms with van der Waals surface area (Å²) in [4.78, 5) is 130. The Hall–Kier alpha value is -12.9. The Morgan fingerprint density at radius 1 is 0.303 bits per heavy atom. The minimum absolute atomic E-state index is 0.0261. The highest BCUT2D eigenvalue weighted by atomic mass is 19.1. The van der Waals surface area contributed by atoms with E-state index < -0.39 is 0 Å². The lowest BCUT2D eigenvalue weighted by atomic mass is 9.98. The van der Waals surface area contributed by atoms with Crippen LogP contribution >= 0.6 is 0 Å². The maximum atomic E-state index is 12.6. The van der Waals surface area contributed by atoms with E-state index in [2.05, 4.69) is 0 Å². The third-order valence-corrected chi connectivity index (χ3v) is 23.9. The highest BCUT2D eigenvalue weighted by Gasteiger charge is 2.33. The van der Waals surface area contributed by atoms with E-state index in [0.29, 0.717) is 278 Å². The topological polar surface area (TPSA) is 308 Å². The summed E-state index contributed by atoms with van der Waals surface area (Å²) in [5.41, 5.74) is 18.0. The molecule has 0 bridgehead atoms. The summed E-state index contributed by atoms with van der Waals surface area (Å²) >= 11 is 0. The van der Waals surface area contributed by atoms with Crippen LogP contribution in [-0.2, 0) is 76.7 Å². The van der Waals surface area contributed by atoms with Gasteiger partial charge in [0, 0.05) is 111 Å². The highest BCUT2D eigenvalue weighted by molar-refractivity contribution is 6.02. The third kappa shape index (κ3) is 37.2. The van der Waals surface area contributed by atoms with Crippen molar-refractivity contribution in [3.8, 4) is 34.5 Å². The summed E-state index contributed by atoms with van der Waals surface area (Å²) in [6.45, 7) is 29.5. The second-order valence-corrected chi connectivity index (χ2v) is 34.2. The second kappa shape index (κ2) is 63.1. The van der Waals surface area contributed by atoms with Gasteiger partial charge in [0.25, 0.3) is 35.4 Å². The average Bonchev–Trinajstić information content (AvgIpc) is 0.821. The summed E-state index contributed by atoms with van der Waals surface area (Å²) in [5.74, 6) is 2.39. The number of rotatable bonds is 46. The highest BCUT2D eigenvalue weighted by Crippen LogP contribution is 2.32. The Bertz CT molecular complexity index is 5060. The molecule has 6 heterocycles. The fraction of sp³-hybridized carbons (Fsp3) is 0.468. The largest absolute Gasteiger partial charge is 0.489 e. The average molecular weight is 1980 g/mol. The van der Waals surface area contributed by atoms with Crippen LogP contribution in [0.25, 0.3) is 0 Å². The van der Waals surface area contributed by atoms with Crippen molar-refractivity contribution in [1.82, 2.24) is 29.4 Å². The second-order valence-electron chi connectivity index (χ2n) is 34.2. The fourth-order valence-corrected chi connectivity index (χ4v) is 15.1. The van der Waals surface area contributed by atoms with Gasteiger partial charge in [-0.1, -0.05) is 61.3 Å². The Labute approximate surface area is 830 Å². The number of benzene rings is 6. The van der Waals surface area contributed by atoms with Crippen molar-refractivity contribution in [3.05, 3.63) is 247 Å². The first-order chi connectivity index (χ1) is 68.6. The van der Waals surface area contributed by atoms with Crippen molar-refractivity contribution >= 4 is 58.9 Å². The van der Waals surface area contributed by atoms with Crippen molar-refractivity contribution in [1.29, 1.82) is 0 Å². The van der Waals surface area contributed by atoms with Gasteiger partial charge < -0.3 is 82.5 Å². The predicted molar refractivity (Wildman–Crippen MR) is 531 cm³/mol. The molecular formula is C109H139F6N7O20. The van der Waals surface area contributed by atoms with Crippen LogP contribution in [0.1, 0.15) is 229 Å². The maximum absolute atomic E-state index is 12.6. The normalized spacial score (nSPS) is 14.6. The van der Waals surface area contributed by atoms with Crippen molar-refractivity contribution in [2.45, 2.75) is 172 Å². The summed E-state index contributed by atoms with van der Waals surface area (Å²) in [7, 11) is 0. The van der Waals surface area contributed by atoms with Gasteiger partial charge in [0.1, 0.15) is 98.8 Å². The molecule has 27 nitrogen and oxygen atoms in total. The molecule has 142 heavy (non-hydrogen) atoms. The molecule has 0 saturated carbocycles. The van der Waals surface area contributed by atoms with E-state index in [1.54, 1.807) is 88.7 Å². The SMILES string of the molecule is CC(=O)CN1CCc2cc(OC/C(=C/F)CN)ccc2C1=O.CC/C(=C/F)COc1ccc2c(c1)CCN(CC(C)=O)C2=O.CCCCOC(=O)CN1CCc2cc(OC/C(=C/F)CC)ccc2C1=O.CCCCOC(=O)CN1CCc2cc(OC/C(=C\F)CC)ccc2C1=O.CCOCCN1CCc2cc(OC/C(=C/F)CC)ccc2C1=O.CCOCCN1CCc2cc(OC/C(=C\F)CC)ccc2C1=O. The number of carbonyl (C=O) groups excluding carboxylic acids is 10. The molecule has 6 aromatic carbocycles. The molecule has 772 valence electrons. The molecule has 0 aromatic heterocycles. The minimum atomic E-state index is -0.375. The van der Waals surface area contributed by atoms with Gasteiger partial charge in [0.2, 0.25) is 0 Å². The summed E-state index contributed by atoms with van der Waals surface area (Å²) in [6.07, 6.45) is 14.1. The lowest BCUT2D eigenvalue weighted by Crippen LogP contribution is -2.41. The van der Waals surface area contributed by atoms with Crippen LogP contribution in [0, 0.1) is 0 Å². The molecular weight excluding hydrogens is 1840 g/mol. The van der Waals surface area contributed by atoms with Gasteiger partial charge in [-0.05, 0) is 282 Å². The molecule has 2 N–H and O–H groups in total. The van der Waals surface area contributed by atoms with Gasteiger partial charge in [-0.2, -0.15) is 0 Å². The molecule has 6 aliphatic rings. The number of fused-ring (bicyclic) bond motifs is 6. The monoisotopic (exact) mass is 1980 g/mol. The van der Waals surface area contributed by atoms with Gasteiger partial charge in [0.05, 0.1) is 77.5 Å². The molecule has 0 radical (unpaired) electrons. The molecule has 0 spiro atoms. The number of nitrogens with zero attached hydrogens (tertiary/aromatic N) is 6. The zero-order chi connectivity index (χ0) is 103.